The molecule has 1 fully saturated rings. The lowest BCUT2D eigenvalue weighted by Gasteiger charge is -2.13. The summed E-state index contributed by atoms with van der Waals surface area (Å²) >= 11 is 0. The largest absolute Gasteiger partial charge is 0.497 e. The van der Waals surface area contributed by atoms with E-state index in [4.69, 9.17) is 15.2 Å². The summed E-state index contributed by atoms with van der Waals surface area (Å²) < 4.78 is 12.7. The Bertz CT molecular complexity index is 590. The predicted octanol–water partition coefficient (Wildman–Crippen LogP) is 2.03. The van der Waals surface area contributed by atoms with E-state index in [9.17, 15) is 0 Å². The summed E-state index contributed by atoms with van der Waals surface area (Å²) in [4.78, 5) is 4.68. The van der Waals surface area contributed by atoms with Crippen LogP contribution in [0.3, 0.4) is 0 Å². The summed E-state index contributed by atoms with van der Waals surface area (Å²) in [6, 6.07) is 6.33. The van der Waals surface area contributed by atoms with Gasteiger partial charge in [0, 0.05) is 19.2 Å². The standard InChI is InChI=1S/C14H19N3O2/c1-18-8-11(15)14-16-12-7-10(19-2)5-6-13(12)17(14)9-3-4-9/h5-7,9,11H,3-4,8,15H2,1-2H3. The van der Waals surface area contributed by atoms with Crippen LogP contribution in [0, 0.1) is 0 Å². The summed E-state index contributed by atoms with van der Waals surface area (Å²) in [6.45, 7) is 0.479. The van der Waals surface area contributed by atoms with Gasteiger partial charge in [-0.1, -0.05) is 0 Å². The van der Waals surface area contributed by atoms with Crippen molar-refractivity contribution in [3.8, 4) is 5.75 Å². The number of methoxy groups -OCH3 is 2. The number of fused-ring (bicyclic) bond motifs is 1. The van der Waals surface area contributed by atoms with Gasteiger partial charge in [0.2, 0.25) is 0 Å². The molecule has 19 heavy (non-hydrogen) atoms. The second-order valence-corrected chi connectivity index (χ2v) is 4.99. The van der Waals surface area contributed by atoms with E-state index in [1.54, 1.807) is 14.2 Å². The third-order valence-electron chi connectivity index (χ3n) is 3.51. The summed E-state index contributed by atoms with van der Waals surface area (Å²) in [5.41, 5.74) is 8.23. The highest BCUT2D eigenvalue weighted by atomic mass is 16.5. The summed E-state index contributed by atoms with van der Waals surface area (Å²) in [5.74, 6) is 1.73. The number of hydrogen-bond acceptors (Lipinski definition) is 4. The van der Waals surface area contributed by atoms with Crippen molar-refractivity contribution < 1.29 is 9.47 Å². The molecule has 1 unspecified atom stereocenters. The molecular formula is C14H19N3O2. The van der Waals surface area contributed by atoms with Crippen molar-refractivity contribution in [3.05, 3.63) is 24.0 Å². The van der Waals surface area contributed by atoms with Gasteiger partial charge in [0.15, 0.2) is 0 Å². The number of nitrogens with two attached hydrogens (primary N) is 1. The molecule has 1 aliphatic carbocycles. The van der Waals surface area contributed by atoms with Gasteiger partial charge in [0.25, 0.3) is 0 Å². The summed E-state index contributed by atoms with van der Waals surface area (Å²) in [7, 11) is 3.32. The van der Waals surface area contributed by atoms with Crippen LogP contribution < -0.4 is 10.5 Å². The third kappa shape index (κ3) is 2.19. The van der Waals surface area contributed by atoms with Gasteiger partial charge in [-0.05, 0) is 25.0 Å². The normalized spacial score (nSPS) is 16.8. The first kappa shape index (κ1) is 12.4. The second kappa shape index (κ2) is 4.83. The van der Waals surface area contributed by atoms with E-state index in [-0.39, 0.29) is 6.04 Å². The maximum Gasteiger partial charge on any atom is 0.129 e. The number of nitrogens with zero attached hydrogens (tertiary/aromatic N) is 2. The van der Waals surface area contributed by atoms with Gasteiger partial charge in [-0.2, -0.15) is 0 Å². The van der Waals surface area contributed by atoms with E-state index >= 15 is 0 Å². The Morgan fingerprint density at radius 3 is 2.84 bits per heavy atom. The molecule has 1 aromatic heterocycles. The first-order valence-corrected chi connectivity index (χ1v) is 6.55. The maximum atomic E-state index is 6.17. The molecule has 0 radical (unpaired) electrons. The van der Waals surface area contributed by atoms with Crippen LogP contribution in [0.15, 0.2) is 18.2 Å². The monoisotopic (exact) mass is 261 g/mol. The number of benzene rings is 1. The van der Waals surface area contributed by atoms with Gasteiger partial charge in [-0.3, -0.25) is 0 Å². The minimum absolute atomic E-state index is 0.191. The van der Waals surface area contributed by atoms with E-state index in [1.165, 1.54) is 12.8 Å². The molecule has 5 heteroatoms. The average Bonchev–Trinajstić information content (AvgIpc) is 3.18. The van der Waals surface area contributed by atoms with Crippen molar-refractivity contribution in [2.75, 3.05) is 20.8 Å². The van der Waals surface area contributed by atoms with Crippen LogP contribution in [0.25, 0.3) is 11.0 Å². The van der Waals surface area contributed by atoms with Gasteiger partial charge in [0.05, 0.1) is 30.8 Å². The smallest absolute Gasteiger partial charge is 0.129 e. The van der Waals surface area contributed by atoms with Crippen LogP contribution in [-0.4, -0.2) is 30.4 Å². The molecule has 1 saturated carbocycles. The fraction of sp³-hybridized carbons (Fsp3) is 0.500. The Kier molecular flexibility index (Phi) is 3.16. The van der Waals surface area contributed by atoms with Gasteiger partial charge in [-0.15, -0.1) is 0 Å². The molecule has 1 atom stereocenters. The highest BCUT2D eigenvalue weighted by Crippen LogP contribution is 2.40. The van der Waals surface area contributed by atoms with Crippen LogP contribution in [0.1, 0.15) is 30.7 Å². The molecule has 0 saturated heterocycles. The lowest BCUT2D eigenvalue weighted by Crippen LogP contribution is -2.20. The Balaban J connectivity index is 2.11. The molecule has 102 valence electrons. The molecule has 0 amide bonds. The first-order chi connectivity index (χ1) is 9.24. The van der Waals surface area contributed by atoms with Crippen molar-refractivity contribution in [1.29, 1.82) is 0 Å². The molecule has 3 rings (SSSR count). The molecule has 2 aromatic rings. The molecule has 0 bridgehead atoms. The number of aromatic nitrogens is 2. The van der Waals surface area contributed by atoms with Crippen molar-refractivity contribution in [3.63, 3.8) is 0 Å². The lowest BCUT2D eigenvalue weighted by molar-refractivity contribution is 0.177. The average molecular weight is 261 g/mol. The number of rotatable bonds is 5. The van der Waals surface area contributed by atoms with Crippen molar-refractivity contribution in [1.82, 2.24) is 9.55 Å². The van der Waals surface area contributed by atoms with E-state index < -0.39 is 0 Å². The fourth-order valence-electron chi connectivity index (χ4n) is 2.46. The molecule has 1 heterocycles. The topological polar surface area (TPSA) is 62.3 Å². The summed E-state index contributed by atoms with van der Waals surface area (Å²) in [6.07, 6.45) is 2.40. The quantitative estimate of drug-likeness (QED) is 0.894. The number of imidazole rings is 1. The van der Waals surface area contributed by atoms with E-state index in [0.29, 0.717) is 12.6 Å². The third-order valence-corrected chi connectivity index (χ3v) is 3.51. The van der Waals surface area contributed by atoms with Crippen LogP contribution >= 0.6 is 0 Å². The Labute approximate surface area is 112 Å². The number of ether oxygens (including phenoxy) is 2. The zero-order valence-corrected chi connectivity index (χ0v) is 11.3. The Hall–Kier alpha value is -1.59. The van der Waals surface area contributed by atoms with E-state index in [1.807, 2.05) is 12.1 Å². The predicted molar refractivity (Wildman–Crippen MR) is 73.4 cm³/mol. The van der Waals surface area contributed by atoms with Gasteiger partial charge in [0.1, 0.15) is 11.6 Å². The molecule has 0 spiro atoms. The fourth-order valence-corrected chi connectivity index (χ4v) is 2.46. The Morgan fingerprint density at radius 1 is 1.42 bits per heavy atom. The zero-order valence-electron chi connectivity index (χ0n) is 11.3. The van der Waals surface area contributed by atoms with Crippen LogP contribution in [0.2, 0.25) is 0 Å². The molecule has 2 N–H and O–H groups in total. The van der Waals surface area contributed by atoms with E-state index in [2.05, 4.69) is 15.6 Å². The second-order valence-electron chi connectivity index (χ2n) is 4.99. The van der Waals surface area contributed by atoms with Crippen molar-refractivity contribution in [2.24, 2.45) is 5.73 Å². The molecule has 5 nitrogen and oxygen atoms in total. The van der Waals surface area contributed by atoms with Crippen molar-refractivity contribution >= 4 is 11.0 Å². The molecular weight excluding hydrogens is 242 g/mol. The van der Waals surface area contributed by atoms with E-state index in [0.717, 1.165) is 22.6 Å². The first-order valence-electron chi connectivity index (χ1n) is 6.55. The summed E-state index contributed by atoms with van der Waals surface area (Å²) in [5, 5.41) is 0. The number of hydrogen-bond donors (Lipinski definition) is 1. The van der Waals surface area contributed by atoms with Gasteiger partial charge in [-0.25, -0.2) is 4.98 Å². The molecule has 0 aliphatic heterocycles. The minimum Gasteiger partial charge on any atom is -0.497 e. The van der Waals surface area contributed by atoms with Crippen LogP contribution in [-0.2, 0) is 4.74 Å². The Morgan fingerprint density at radius 2 is 2.21 bits per heavy atom. The highest BCUT2D eigenvalue weighted by Gasteiger charge is 2.30. The minimum atomic E-state index is -0.191. The zero-order chi connectivity index (χ0) is 13.4. The van der Waals surface area contributed by atoms with Gasteiger partial charge >= 0.3 is 0 Å². The SMILES string of the molecule is COCC(N)c1nc2cc(OC)ccc2n1C1CC1. The van der Waals surface area contributed by atoms with Crippen molar-refractivity contribution in [2.45, 2.75) is 24.9 Å². The van der Waals surface area contributed by atoms with Crippen LogP contribution in [0.4, 0.5) is 0 Å². The molecule has 1 aliphatic rings. The highest BCUT2D eigenvalue weighted by molar-refractivity contribution is 5.78. The van der Waals surface area contributed by atoms with Crippen LogP contribution in [0.5, 0.6) is 5.75 Å². The molecule has 1 aromatic carbocycles. The lowest BCUT2D eigenvalue weighted by atomic mass is 10.3. The van der Waals surface area contributed by atoms with Gasteiger partial charge < -0.3 is 19.8 Å². The maximum absolute atomic E-state index is 6.17.